The topological polar surface area (TPSA) is 78.3 Å². The lowest BCUT2D eigenvalue weighted by Gasteiger charge is -2.32. The standard InChI is InChI=1S/C16H20ClN7S/c17-13-4-7-20-15(22-13)24-8-1-3-11(9-24)12-10-25-16(21-12)23-14-18-5-2-6-19-14/h4,7,10-11H,1-3,5-6,8-9H2,(H2,18,19,21,23). The zero-order valence-electron chi connectivity index (χ0n) is 13.8. The molecule has 2 aliphatic heterocycles. The van der Waals surface area contributed by atoms with Crippen LogP contribution in [0.15, 0.2) is 22.6 Å². The number of piperidine rings is 1. The lowest BCUT2D eigenvalue weighted by molar-refractivity contribution is 0.497. The van der Waals surface area contributed by atoms with Crippen LogP contribution in [-0.4, -0.2) is 47.1 Å². The molecule has 4 heterocycles. The summed E-state index contributed by atoms with van der Waals surface area (Å²) in [5.41, 5.74) is 1.12. The number of guanidine groups is 1. The van der Waals surface area contributed by atoms with E-state index in [0.717, 1.165) is 62.2 Å². The fourth-order valence-corrected chi connectivity index (χ4v) is 4.05. The van der Waals surface area contributed by atoms with Gasteiger partial charge >= 0.3 is 0 Å². The second kappa shape index (κ2) is 7.53. The molecule has 2 aromatic heterocycles. The molecule has 0 saturated carbocycles. The Bertz CT molecular complexity index is 762. The van der Waals surface area contributed by atoms with E-state index in [9.17, 15) is 0 Å². The molecule has 4 rings (SSSR count). The number of nitrogens with zero attached hydrogens (tertiary/aromatic N) is 5. The number of aliphatic imine (C=N–C) groups is 1. The molecule has 2 aromatic rings. The number of nitrogens with one attached hydrogen (secondary N) is 2. The number of rotatable bonds is 3. The van der Waals surface area contributed by atoms with Crippen molar-refractivity contribution in [3.63, 3.8) is 0 Å². The Kier molecular flexibility index (Phi) is 4.98. The molecule has 1 atom stereocenters. The minimum absolute atomic E-state index is 0.379. The minimum atomic E-state index is 0.379. The van der Waals surface area contributed by atoms with Crippen molar-refractivity contribution in [3.05, 3.63) is 28.5 Å². The maximum atomic E-state index is 6.00. The van der Waals surface area contributed by atoms with E-state index in [0.29, 0.717) is 17.0 Å². The van der Waals surface area contributed by atoms with Gasteiger partial charge in [0.2, 0.25) is 5.95 Å². The zero-order chi connectivity index (χ0) is 17.1. The fourth-order valence-electron chi connectivity index (χ4n) is 3.13. The third-order valence-corrected chi connectivity index (χ3v) is 5.36. The average Bonchev–Trinajstić information content (AvgIpc) is 3.11. The van der Waals surface area contributed by atoms with Crippen molar-refractivity contribution in [1.82, 2.24) is 20.3 Å². The Morgan fingerprint density at radius 2 is 2.28 bits per heavy atom. The smallest absolute Gasteiger partial charge is 0.226 e. The highest BCUT2D eigenvalue weighted by Gasteiger charge is 2.25. The van der Waals surface area contributed by atoms with Crippen LogP contribution in [0.3, 0.4) is 0 Å². The molecular weight excluding hydrogens is 358 g/mol. The van der Waals surface area contributed by atoms with E-state index in [2.05, 4.69) is 35.9 Å². The van der Waals surface area contributed by atoms with Gasteiger partial charge in [0.05, 0.1) is 5.69 Å². The number of hydrogen-bond acceptors (Lipinski definition) is 8. The van der Waals surface area contributed by atoms with E-state index in [1.807, 2.05) is 0 Å². The summed E-state index contributed by atoms with van der Waals surface area (Å²) in [6.45, 7) is 3.64. The van der Waals surface area contributed by atoms with Crippen LogP contribution in [0, 0.1) is 0 Å². The van der Waals surface area contributed by atoms with Gasteiger partial charge < -0.3 is 15.5 Å². The maximum Gasteiger partial charge on any atom is 0.226 e. The Morgan fingerprint density at radius 1 is 1.32 bits per heavy atom. The molecule has 1 fully saturated rings. The molecule has 2 aliphatic rings. The summed E-state index contributed by atoms with van der Waals surface area (Å²) in [5.74, 6) is 1.90. The van der Waals surface area contributed by atoms with Gasteiger partial charge in [-0.25, -0.2) is 15.0 Å². The number of aromatic nitrogens is 3. The van der Waals surface area contributed by atoms with Crippen molar-refractivity contribution in [1.29, 1.82) is 0 Å². The Morgan fingerprint density at radius 3 is 3.12 bits per heavy atom. The van der Waals surface area contributed by atoms with E-state index >= 15 is 0 Å². The van der Waals surface area contributed by atoms with Crippen LogP contribution in [0.25, 0.3) is 0 Å². The summed E-state index contributed by atoms with van der Waals surface area (Å²) in [6.07, 6.45) is 5.00. The lowest BCUT2D eigenvalue weighted by atomic mass is 9.96. The molecule has 0 radical (unpaired) electrons. The molecular formula is C16H20ClN7S. The van der Waals surface area contributed by atoms with Crippen LogP contribution in [0.5, 0.6) is 0 Å². The van der Waals surface area contributed by atoms with Gasteiger partial charge in [0, 0.05) is 43.7 Å². The van der Waals surface area contributed by atoms with Crippen molar-refractivity contribution >= 4 is 40.0 Å². The Labute approximate surface area is 155 Å². The summed E-state index contributed by atoms with van der Waals surface area (Å²) in [6, 6.07) is 1.70. The molecule has 0 aromatic carbocycles. The number of halogens is 1. The molecule has 132 valence electrons. The molecule has 0 amide bonds. The molecule has 1 unspecified atom stereocenters. The van der Waals surface area contributed by atoms with Gasteiger partial charge in [0.1, 0.15) is 5.15 Å². The predicted molar refractivity (Wildman–Crippen MR) is 102 cm³/mol. The molecule has 0 bridgehead atoms. The highest BCUT2D eigenvalue weighted by atomic mass is 35.5. The van der Waals surface area contributed by atoms with Crippen LogP contribution in [0.2, 0.25) is 5.15 Å². The fraction of sp³-hybridized carbons (Fsp3) is 0.500. The summed E-state index contributed by atoms with van der Waals surface area (Å²) < 4.78 is 0. The van der Waals surface area contributed by atoms with Gasteiger partial charge in [0.25, 0.3) is 0 Å². The first-order chi connectivity index (χ1) is 12.3. The van der Waals surface area contributed by atoms with Gasteiger partial charge in [-0.2, -0.15) is 0 Å². The van der Waals surface area contributed by atoms with Crippen LogP contribution in [-0.2, 0) is 0 Å². The minimum Gasteiger partial charge on any atom is -0.356 e. The van der Waals surface area contributed by atoms with Crippen molar-refractivity contribution in [2.75, 3.05) is 36.4 Å². The normalized spacial score (nSPS) is 20.8. The highest BCUT2D eigenvalue weighted by Crippen LogP contribution is 2.31. The summed E-state index contributed by atoms with van der Waals surface area (Å²) >= 11 is 7.62. The van der Waals surface area contributed by atoms with Gasteiger partial charge in [0.15, 0.2) is 11.1 Å². The zero-order valence-corrected chi connectivity index (χ0v) is 15.4. The SMILES string of the molecule is Clc1ccnc(N2CCCC(c3csc(NC4=NCCCN4)n3)C2)n1. The summed E-state index contributed by atoms with van der Waals surface area (Å²) in [7, 11) is 0. The number of anilines is 2. The molecule has 9 heteroatoms. The van der Waals surface area contributed by atoms with Gasteiger partial charge in [-0.05, 0) is 25.3 Å². The van der Waals surface area contributed by atoms with Crippen molar-refractivity contribution < 1.29 is 0 Å². The highest BCUT2D eigenvalue weighted by molar-refractivity contribution is 7.13. The predicted octanol–water partition coefficient (Wildman–Crippen LogP) is 2.73. The van der Waals surface area contributed by atoms with E-state index < -0.39 is 0 Å². The third kappa shape index (κ3) is 4.01. The van der Waals surface area contributed by atoms with Crippen molar-refractivity contribution in [2.45, 2.75) is 25.2 Å². The second-order valence-corrected chi connectivity index (χ2v) is 7.42. The summed E-state index contributed by atoms with van der Waals surface area (Å²) in [4.78, 5) is 20.1. The lowest BCUT2D eigenvalue weighted by Crippen LogP contribution is -2.36. The monoisotopic (exact) mass is 377 g/mol. The van der Waals surface area contributed by atoms with Crippen LogP contribution >= 0.6 is 22.9 Å². The van der Waals surface area contributed by atoms with Gasteiger partial charge in [-0.15, -0.1) is 11.3 Å². The van der Waals surface area contributed by atoms with E-state index in [1.54, 1.807) is 23.6 Å². The van der Waals surface area contributed by atoms with Gasteiger partial charge in [-0.1, -0.05) is 11.6 Å². The molecule has 25 heavy (non-hydrogen) atoms. The van der Waals surface area contributed by atoms with Crippen molar-refractivity contribution in [3.8, 4) is 0 Å². The Balaban J connectivity index is 1.44. The molecule has 0 aliphatic carbocycles. The first-order valence-electron chi connectivity index (χ1n) is 8.52. The first kappa shape index (κ1) is 16.5. The average molecular weight is 378 g/mol. The van der Waals surface area contributed by atoms with Crippen LogP contribution in [0.4, 0.5) is 11.1 Å². The van der Waals surface area contributed by atoms with Crippen molar-refractivity contribution in [2.24, 2.45) is 4.99 Å². The van der Waals surface area contributed by atoms with E-state index in [-0.39, 0.29) is 0 Å². The van der Waals surface area contributed by atoms with Crippen LogP contribution < -0.4 is 15.5 Å². The summed E-state index contributed by atoms with van der Waals surface area (Å²) in [5, 5.41) is 10.0. The third-order valence-electron chi connectivity index (χ3n) is 4.38. The van der Waals surface area contributed by atoms with Gasteiger partial charge in [-0.3, -0.25) is 4.99 Å². The quantitative estimate of drug-likeness (QED) is 0.801. The molecule has 7 nitrogen and oxygen atoms in total. The molecule has 1 saturated heterocycles. The number of thiazole rings is 1. The van der Waals surface area contributed by atoms with E-state index in [4.69, 9.17) is 16.6 Å². The molecule has 0 spiro atoms. The maximum absolute atomic E-state index is 6.00. The number of hydrogen-bond donors (Lipinski definition) is 2. The first-order valence-corrected chi connectivity index (χ1v) is 9.78. The van der Waals surface area contributed by atoms with E-state index in [1.165, 1.54) is 0 Å². The van der Waals surface area contributed by atoms with Crippen LogP contribution in [0.1, 0.15) is 30.9 Å². The second-order valence-electron chi connectivity index (χ2n) is 6.18. The molecule has 2 N–H and O–H groups in total. The largest absolute Gasteiger partial charge is 0.356 e. The Hall–Kier alpha value is -1.93.